The number of rotatable bonds is 6. The maximum atomic E-state index is 12.2. The van der Waals surface area contributed by atoms with Gasteiger partial charge in [-0.3, -0.25) is 9.69 Å². The molecule has 1 saturated heterocycles. The van der Waals surface area contributed by atoms with Crippen LogP contribution in [0.1, 0.15) is 44.2 Å². The number of fused-ring (bicyclic) bond motifs is 1. The Morgan fingerprint density at radius 1 is 1.33 bits per heavy atom. The van der Waals surface area contributed by atoms with E-state index >= 15 is 0 Å². The van der Waals surface area contributed by atoms with Gasteiger partial charge in [-0.1, -0.05) is 6.42 Å². The number of nitrogens with one attached hydrogen (secondary N) is 1. The fraction of sp³-hybridized carbons (Fsp3) is 0.632. The number of amides is 1. The first-order valence-electron chi connectivity index (χ1n) is 9.10. The molecule has 0 unspecified atom stereocenters. The molecule has 1 aromatic carbocycles. The molecule has 0 radical (unpaired) electrons. The molecule has 0 aliphatic carbocycles. The van der Waals surface area contributed by atoms with Crippen LogP contribution in [-0.4, -0.2) is 43.2 Å². The lowest BCUT2D eigenvalue weighted by Crippen LogP contribution is -2.39. The largest absolute Gasteiger partial charge is 0.494 e. The molecule has 5 nitrogen and oxygen atoms in total. The predicted octanol–water partition coefficient (Wildman–Crippen LogP) is 2.51. The molecule has 1 fully saturated rings. The van der Waals surface area contributed by atoms with Crippen molar-refractivity contribution in [3.05, 3.63) is 23.3 Å². The van der Waals surface area contributed by atoms with Gasteiger partial charge in [-0.15, -0.1) is 0 Å². The Hall–Kier alpha value is -1.75. The lowest BCUT2D eigenvalue weighted by Gasteiger charge is -2.25. The smallest absolute Gasteiger partial charge is 0.234 e. The second-order valence-corrected chi connectivity index (χ2v) is 6.75. The van der Waals surface area contributed by atoms with E-state index in [1.807, 2.05) is 13.0 Å². The zero-order valence-corrected chi connectivity index (χ0v) is 14.8. The van der Waals surface area contributed by atoms with Crippen molar-refractivity contribution in [3.63, 3.8) is 0 Å². The van der Waals surface area contributed by atoms with E-state index in [4.69, 9.17) is 9.47 Å². The van der Waals surface area contributed by atoms with Gasteiger partial charge < -0.3 is 14.8 Å². The van der Waals surface area contributed by atoms with Crippen LogP contribution in [-0.2, 0) is 17.8 Å². The molecule has 2 aliphatic heterocycles. The minimum Gasteiger partial charge on any atom is -0.494 e. The van der Waals surface area contributed by atoms with Crippen molar-refractivity contribution in [1.82, 2.24) is 10.2 Å². The summed E-state index contributed by atoms with van der Waals surface area (Å²) in [6, 6.07) is 4.08. The third-order valence-electron chi connectivity index (χ3n) is 4.67. The molecule has 0 bridgehead atoms. The zero-order chi connectivity index (χ0) is 16.9. The average Bonchev–Trinajstić information content (AvgIpc) is 2.93. The van der Waals surface area contributed by atoms with Gasteiger partial charge in [0.25, 0.3) is 0 Å². The molecule has 0 spiro atoms. The summed E-state index contributed by atoms with van der Waals surface area (Å²) in [5.74, 6) is 1.85. The molecule has 2 aliphatic rings. The summed E-state index contributed by atoms with van der Waals surface area (Å²) in [5.41, 5.74) is 2.17. The fourth-order valence-corrected chi connectivity index (χ4v) is 3.48. The van der Waals surface area contributed by atoms with Crippen molar-refractivity contribution in [1.29, 1.82) is 0 Å². The van der Waals surface area contributed by atoms with E-state index in [0.29, 0.717) is 19.7 Å². The minimum atomic E-state index is 0.0779. The van der Waals surface area contributed by atoms with Gasteiger partial charge >= 0.3 is 0 Å². The van der Waals surface area contributed by atoms with Crippen LogP contribution in [0.3, 0.4) is 0 Å². The van der Waals surface area contributed by atoms with E-state index in [9.17, 15) is 4.79 Å². The number of carbonyl (C=O) groups excluding carboxylic acids is 1. The third-order valence-corrected chi connectivity index (χ3v) is 4.67. The Balaban J connectivity index is 1.61. The minimum absolute atomic E-state index is 0.0779. The number of hydrogen-bond donors (Lipinski definition) is 1. The van der Waals surface area contributed by atoms with Gasteiger partial charge in [0.2, 0.25) is 5.91 Å². The van der Waals surface area contributed by atoms with Crippen molar-refractivity contribution in [2.75, 3.05) is 26.2 Å². The highest BCUT2D eigenvalue weighted by Gasteiger charge is 2.22. The maximum Gasteiger partial charge on any atom is 0.234 e. The summed E-state index contributed by atoms with van der Waals surface area (Å²) in [6.07, 6.45) is 4.79. The van der Waals surface area contributed by atoms with Crippen LogP contribution in [0.2, 0.25) is 0 Å². The van der Waals surface area contributed by atoms with Crippen molar-refractivity contribution >= 4 is 5.91 Å². The quantitative estimate of drug-likeness (QED) is 0.870. The van der Waals surface area contributed by atoms with Gasteiger partial charge in [-0.25, -0.2) is 0 Å². The highest BCUT2D eigenvalue weighted by atomic mass is 16.5. The van der Waals surface area contributed by atoms with Crippen LogP contribution < -0.4 is 14.8 Å². The van der Waals surface area contributed by atoms with Gasteiger partial charge in [-0.2, -0.15) is 0 Å². The SMILES string of the molecule is CCOc1cc2c(cc1CNC(=O)CN1CCCCC1)O[C@H](C)C2. The summed E-state index contributed by atoms with van der Waals surface area (Å²) < 4.78 is 11.6. The van der Waals surface area contributed by atoms with E-state index < -0.39 is 0 Å². The predicted molar refractivity (Wildman–Crippen MR) is 93.5 cm³/mol. The molecule has 0 aromatic heterocycles. The number of ether oxygens (including phenoxy) is 2. The second-order valence-electron chi connectivity index (χ2n) is 6.75. The lowest BCUT2D eigenvalue weighted by atomic mass is 10.1. The number of piperidine rings is 1. The van der Waals surface area contributed by atoms with Gasteiger partial charge in [0.15, 0.2) is 0 Å². The monoisotopic (exact) mass is 332 g/mol. The molecule has 0 saturated carbocycles. The van der Waals surface area contributed by atoms with Crippen molar-refractivity contribution in [3.8, 4) is 11.5 Å². The highest BCUT2D eigenvalue weighted by Crippen LogP contribution is 2.35. The second kappa shape index (κ2) is 7.88. The van der Waals surface area contributed by atoms with Gasteiger partial charge in [0, 0.05) is 24.1 Å². The molecular weight excluding hydrogens is 304 g/mol. The van der Waals surface area contributed by atoms with Crippen LogP contribution in [0, 0.1) is 0 Å². The van der Waals surface area contributed by atoms with E-state index in [0.717, 1.165) is 36.6 Å². The number of nitrogens with zero attached hydrogens (tertiary/aromatic N) is 1. The first kappa shape index (κ1) is 17.1. The van der Waals surface area contributed by atoms with Gasteiger partial charge in [0.1, 0.15) is 17.6 Å². The Morgan fingerprint density at radius 2 is 2.12 bits per heavy atom. The molecule has 1 aromatic rings. The fourth-order valence-electron chi connectivity index (χ4n) is 3.48. The van der Waals surface area contributed by atoms with Crippen molar-refractivity contribution in [2.45, 2.75) is 52.2 Å². The standard InChI is InChI=1S/C19H28N2O3/c1-3-23-17-10-15-9-14(2)24-18(15)11-16(17)12-20-19(22)13-21-7-5-4-6-8-21/h10-11,14H,3-9,12-13H2,1-2H3,(H,20,22)/t14-/m1/s1. The number of carbonyl (C=O) groups is 1. The molecule has 5 heteroatoms. The third kappa shape index (κ3) is 4.20. The van der Waals surface area contributed by atoms with Crippen LogP contribution >= 0.6 is 0 Å². The van der Waals surface area contributed by atoms with Crippen LogP contribution in [0.25, 0.3) is 0 Å². The highest BCUT2D eigenvalue weighted by molar-refractivity contribution is 5.78. The van der Waals surface area contributed by atoms with E-state index in [-0.39, 0.29) is 12.0 Å². The van der Waals surface area contributed by atoms with Crippen molar-refractivity contribution < 1.29 is 14.3 Å². The maximum absolute atomic E-state index is 12.2. The van der Waals surface area contributed by atoms with E-state index in [2.05, 4.69) is 23.2 Å². The van der Waals surface area contributed by atoms with Gasteiger partial charge in [0.05, 0.1) is 13.2 Å². The molecule has 3 rings (SSSR count). The Labute approximate surface area is 144 Å². The molecule has 1 N–H and O–H groups in total. The Kier molecular flexibility index (Phi) is 5.61. The zero-order valence-electron chi connectivity index (χ0n) is 14.8. The number of likely N-dealkylation sites (tertiary alicyclic amines) is 1. The summed E-state index contributed by atoms with van der Waals surface area (Å²) in [7, 11) is 0. The van der Waals surface area contributed by atoms with Crippen LogP contribution in [0.15, 0.2) is 12.1 Å². The first-order chi connectivity index (χ1) is 11.7. The molecular formula is C19H28N2O3. The summed E-state index contributed by atoms with van der Waals surface area (Å²) in [5, 5.41) is 3.03. The Morgan fingerprint density at radius 3 is 2.88 bits per heavy atom. The molecule has 1 atom stereocenters. The molecule has 2 heterocycles. The summed E-state index contributed by atoms with van der Waals surface area (Å²) in [6.45, 7) is 7.69. The van der Waals surface area contributed by atoms with Gasteiger partial charge in [-0.05, 0) is 51.9 Å². The average molecular weight is 332 g/mol. The van der Waals surface area contributed by atoms with E-state index in [1.165, 1.54) is 24.8 Å². The topological polar surface area (TPSA) is 50.8 Å². The molecule has 132 valence electrons. The Bertz CT molecular complexity index is 582. The van der Waals surface area contributed by atoms with Crippen molar-refractivity contribution in [2.24, 2.45) is 0 Å². The number of benzene rings is 1. The molecule has 24 heavy (non-hydrogen) atoms. The normalized spacial score (nSPS) is 20.3. The first-order valence-corrected chi connectivity index (χ1v) is 9.10. The number of hydrogen-bond acceptors (Lipinski definition) is 4. The molecule has 1 amide bonds. The van der Waals surface area contributed by atoms with Crippen LogP contribution in [0.4, 0.5) is 0 Å². The lowest BCUT2D eigenvalue weighted by molar-refractivity contribution is -0.122. The summed E-state index contributed by atoms with van der Waals surface area (Å²) in [4.78, 5) is 14.4. The van der Waals surface area contributed by atoms with E-state index in [1.54, 1.807) is 0 Å². The van der Waals surface area contributed by atoms with Crippen LogP contribution in [0.5, 0.6) is 11.5 Å². The summed E-state index contributed by atoms with van der Waals surface area (Å²) >= 11 is 0.